The summed E-state index contributed by atoms with van der Waals surface area (Å²) in [6.07, 6.45) is 6.19. The Bertz CT molecular complexity index is 381. The molecule has 88 valence electrons. The van der Waals surface area contributed by atoms with E-state index in [9.17, 15) is 4.79 Å². The lowest BCUT2D eigenvalue weighted by Crippen LogP contribution is -2.09. The van der Waals surface area contributed by atoms with Gasteiger partial charge < -0.3 is 9.84 Å². The lowest BCUT2D eigenvalue weighted by Gasteiger charge is -2.13. The minimum atomic E-state index is -0.857. The summed E-state index contributed by atoms with van der Waals surface area (Å²) in [7, 11) is 1.56. The summed E-state index contributed by atoms with van der Waals surface area (Å²) in [6.45, 7) is 0. The van der Waals surface area contributed by atoms with Crippen molar-refractivity contribution in [1.29, 1.82) is 0 Å². The van der Waals surface area contributed by atoms with Gasteiger partial charge in [-0.25, -0.2) is 4.68 Å². The van der Waals surface area contributed by atoms with Crippen LogP contribution >= 0.6 is 0 Å². The van der Waals surface area contributed by atoms with Crippen molar-refractivity contribution >= 4 is 5.97 Å². The number of nitrogens with zero attached hydrogens (tertiary/aromatic N) is 2. The van der Waals surface area contributed by atoms with Gasteiger partial charge in [0, 0.05) is 5.56 Å². The van der Waals surface area contributed by atoms with E-state index in [0.29, 0.717) is 17.5 Å². The Hall–Kier alpha value is -1.52. The number of methoxy groups -OCH3 is 1. The first-order chi connectivity index (χ1) is 7.72. The second kappa shape index (κ2) is 4.55. The SMILES string of the molecule is COc1c(CC(=O)O)cnn1C1CCCC1. The van der Waals surface area contributed by atoms with Gasteiger partial charge in [0.15, 0.2) is 0 Å². The molecule has 0 aromatic carbocycles. The molecule has 0 atom stereocenters. The van der Waals surface area contributed by atoms with E-state index in [1.807, 2.05) is 4.68 Å². The van der Waals surface area contributed by atoms with Crippen molar-refractivity contribution in [3.63, 3.8) is 0 Å². The van der Waals surface area contributed by atoms with Gasteiger partial charge in [-0.2, -0.15) is 5.10 Å². The highest BCUT2D eigenvalue weighted by Crippen LogP contribution is 2.33. The zero-order valence-electron chi connectivity index (χ0n) is 9.35. The predicted molar refractivity (Wildman–Crippen MR) is 57.6 cm³/mol. The molecule has 16 heavy (non-hydrogen) atoms. The van der Waals surface area contributed by atoms with E-state index >= 15 is 0 Å². The number of ether oxygens (including phenoxy) is 1. The molecule has 1 aromatic heterocycles. The Morgan fingerprint density at radius 3 is 2.88 bits per heavy atom. The summed E-state index contributed by atoms with van der Waals surface area (Å²) in [5.41, 5.74) is 0.655. The minimum Gasteiger partial charge on any atom is -0.481 e. The quantitative estimate of drug-likeness (QED) is 0.844. The molecule has 0 bridgehead atoms. The molecular weight excluding hydrogens is 208 g/mol. The predicted octanol–water partition coefficient (Wildman–Crippen LogP) is 1.63. The molecule has 0 saturated heterocycles. The largest absolute Gasteiger partial charge is 0.481 e. The van der Waals surface area contributed by atoms with Gasteiger partial charge in [-0.3, -0.25) is 4.79 Å². The second-order valence-electron chi connectivity index (χ2n) is 4.13. The van der Waals surface area contributed by atoms with Crippen molar-refractivity contribution in [2.75, 3.05) is 7.11 Å². The highest BCUT2D eigenvalue weighted by atomic mass is 16.5. The molecule has 0 aliphatic heterocycles. The number of hydrogen-bond donors (Lipinski definition) is 1. The van der Waals surface area contributed by atoms with E-state index < -0.39 is 5.97 Å². The average molecular weight is 224 g/mol. The Morgan fingerprint density at radius 2 is 2.31 bits per heavy atom. The van der Waals surface area contributed by atoms with Crippen LogP contribution in [0.2, 0.25) is 0 Å². The normalized spacial score (nSPS) is 16.6. The second-order valence-corrected chi connectivity index (χ2v) is 4.13. The minimum absolute atomic E-state index is 0.0319. The molecule has 0 amide bonds. The van der Waals surface area contributed by atoms with E-state index in [-0.39, 0.29) is 6.42 Å². The van der Waals surface area contributed by atoms with E-state index in [2.05, 4.69) is 5.10 Å². The maximum atomic E-state index is 10.7. The first-order valence-corrected chi connectivity index (χ1v) is 5.54. The van der Waals surface area contributed by atoms with Crippen LogP contribution in [0.1, 0.15) is 37.3 Å². The summed E-state index contributed by atoms with van der Waals surface area (Å²) in [4.78, 5) is 10.7. The summed E-state index contributed by atoms with van der Waals surface area (Å²) in [5, 5.41) is 13.0. The molecule has 0 unspecified atom stereocenters. The number of carboxylic acids is 1. The van der Waals surface area contributed by atoms with E-state index in [1.54, 1.807) is 13.3 Å². The monoisotopic (exact) mass is 224 g/mol. The summed E-state index contributed by atoms with van der Waals surface area (Å²) >= 11 is 0. The van der Waals surface area contributed by atoms with Crippen LogP contribution in [-0.2, 0) is 11.2 Å². The third kappa shape index (κ3) is 2.03. The van der Waals surface area contributed by atoms with E-state index in [0.717, 1.165) is 12.8 Å². The number of hydrogen-bond acceptors (Lipinski definition) is 3. The van der Waals surface area contributed by atoms with Crippen molar-refractivity contribution in [2.45, 2.75) is 38.1 Å². The van der Waals surface area contributed by atoms with Crippen LogP contribution in [0, 0.1) is 0 Å². The summed E-state index contributed by atoms with van der Waals surface area (Å²) in [5.74, 6) is -0.251. The highest BCUT2D eigenvalue weighted by Gasteiger charge is 2.23. The van der Waals surface area contributed by atoms with Gasteiger partial charge in [0.2, 0.25) is 5.88 Å². The zero-order chi connectivity index (χ0) is 11.5. The van der Waals surface area contributed by atoms with Gasteiger partial charge in [-0.1, -0.05) is 12.8 Å². The molecule has 1 saturated carbocycles. The van der Waals surface area contributed by atoms with E-state index in [4.69, 9.17) is 9.84 Å². The lowest BCUT2D eigenvalue weighted by atomic mass is 10.2. The van der Waals surface area contributed by atoms with Crippen LogP contribution in [0.5, 0.6) is 5.88 Å². The van der Waals surface area contributed by atoms with E-state index in [1.165, 1.54) is 12.8 Å². The number of aliphatic carboxylic acids is 1. The first kappa shape index (κ1) is 11.0. The van der Waals surface area contributed by atoms with Crippen LogP contribution in [0.25, 0.3) is 0 Å². The molecule has 0 spiro atoms. The Labute approximate surface area is 94.0 Å². The lowest BCUT2D eigenvalue weighted by molar-refractivity contribution is -0.136. The Morgan fingerprint density at radius 1 is 1.62 bits per heavy atom. The fourth-order valence-corrected chi connectivity index (χ4v) is 2.30. The van der Waals surface area contributed by atoms with Crippen molar-refractivity contribution in [3.8, 4) is 5.88 Å². The molecule has 2 rings (SSSR count). The molecular formula is C11H16N2O3. The van der Waals surface area contributed by atoms with Gasteiger partial charge in [0.05, 0.1) is 25.8 Å². The third-order valence-corrected chi connectivity index (χ3v) is 3.03. The maximum Gasteiger partial charge on any atom is 0.308 e. The molecule has 0 radical (unpaired) electrons. The van der Waals surface area contributed by atoms with Crippen molar-refractivity contribution < 1.29 is 14.6 Å². The molecule has 1 N–H and O–H groups in total. The topological polar surface area (TPSA) is 64.3 Å². The smallest absolute Gasteiger partial charge is 0.308 e. The Kier molecular flexibility index (Phi) is 3.12. The molecule has 1 aliphatic carbocycles. The van der Waals surface area contributed by atoms with Crippen LogP contribution < -0.4 is 4.74 Å². The van der Waals surface area contributed by atoms with Crippen molar-refractivity contribution in [2.24, 2.45) is 0 Å². The average Bonchev–Trinajstić information content (AvgIpc) is 2.84. The highest BCUT2D eigenvalue weighted by molar-refractivity contribution is 5.70. The van der Waals surface area contributed by atoms with Gasteiger partial charge in [-0.05, 0) is 12.8 Å². The number of rotatable bonds is 4. The maximum absolute atomic E-state index is 10.7. The van der Waals surface area contributed by atoms with Crippen LogP contribution in [-0.4, -0.2) is 28.0 Å². The molecule has 1 aliphatic rings. The number of carbonyl (C=O) groups is 1. The van der Waals surface area contributed by atoms with Gasteiger partial charge >= 0.3 is 5.97 Å². The summed E-state index contributed by atoms with van der Waals surface area (Å²) in [6, 6.07) is 0.373. The van der Waals surface area contributed by atoms with Crippen molar-refractivity contribution in [3.05, 3.63) is 11.8 Å². The first-order valence-electron chi connectivity index (χ1n) is 5.54. The van der Waals surface area contributed by atoms with Crippen LogP contribution in [0.3, 0.4) is 0 Å². The van der Waals surface area contributed by atoms with Gasteiger partial charge in [-0.15, -0.1) is 0 Å². The van der Waals surface area contributed by atoms with Crippen molar-refractivity contribution in [1.82, 2.24) is 9.78 Å². The fourth-order valence-electron chi connectivity index (χ4n) is 2.30. The summed E-state index contributed by atoms with van der Waals surface area (Å²) < 4.78 is 7.11. The third-order valence-electron chi connectivity index (χ3n) is 3.03. The molecule has 1 heterocycles. The molecule has 5 heteroatoms. The zero-order valence-corrected chi connectivity index (χ0v) is 9.35. The van der Waals surface area contributed by atoms with Gasteiger partial charge in [0.1, 0.15) is 0 Å². The van der Waals surface area contributed by atoms with Gasteiger partial charge in [0.25, 0.3) is 0 Å². The molecule has 1 aromatic rings. The van der Waals surface area contributed by atoms with Crippen LogP contribution in [0.4, 0.5) is 0 Å². The Balaban J connectivity index is 2.24. The number of carboxylic acid groups (broad SMARTS) is 1. The molecule has 1 fully saturated rings. The van der Waals surface area contributed by atoms with Crippen LogP contribution in [0.15, 0.2) is 6.20 Å². The fraction of sp³-hybridized carbons (Fsp3) is 0.636. The number of aromatic nitrogens is 2. The molecule has 5 nitrogen and oxygen atoms in total. The standard InChI is InChI=1S/C11H16N2O3/c1-16-11-8(6-10(14)15)7-12-13(11)9-4-2-3-5-9/h7,9H,2-6H2,1H3,(H,14,15).